The maximum atomic E-state index is 6.57. The Balaban J connectivity index is 1.09. The van der Waals surface area contributed by atoms with Gasteiger partial charge in [0.15, 0.2) is 0 Å². The molecule has 2 aliphatic rings. The molecule has 202 valence electrons. The van der Waals surface area contributed by atoms with Crippen molar-refractivity contribution in [3.05, 3.63) is 102 Å². The third-order valence-electron chi connectivity index (χ3n) is 7.89. The molecule has 3 aromatic rings. The molecule has 0 amide bonds. The van der Waals surface area contributed by atoms with E-state index < -0.39 is 0 Å². The first-order valence-electron chi connectivity index (χ1n) is 14.4. The van der Waals surface area contributed by atoms with Crippen molar-refractivity contribution in [3.8, 4) is 5.75 Å². The fourth-order valence-electron chi connectivity index (χ4n) is 5.66. The Kier molecular flexibility index (Phi) is 10.2. The Morgan fingerprint density at radius 3 is 2.08 bits per heavy atom. The first-order chi connectivity index (χ1) is 18.8. The predicted molar refractivity (Wildman–Crippen MR) is 155 cm³/mol. The summed E-state index contributed by atoms with van der Waals surface area (Å²) in [5, 5.41) is 3.63. The van der Waals surface area contributed by atoms with Crippen molar-refractivity contribution in [1.29, 1.82) is 0 Å². The lowest BCUT2D eigenvalue weighted by Crippen LogP contribution is -2.40. The van der Waals surface area contributed by atoms with Crippen LogP contribution >= 0.6 is 0 Å². The van der Waals surface area contributed by atoms with E-state index in [0.29, 0.717) is 5.92 Å². The molecule has 0 bridgehead atoms. The quantitative estimate of drug-likeness (QED) is 0.338. The molecule has 38 heavy (non-hydrogen) atoms. The van der Waals surface area contributed by atoms with E-state index in [9.17, 15) is 0 Å². The van der Waals surface area contributed by atoms with Crippen LogP contribution in [0.4, 0.5) is 0 Å². The lowest BCUT2D eigenvalue weighted by atomic mass is 9.90. The third-order valence-corrected chi connectivity index (χ3v) is 7.89. The molecule has 5 rings (SSSR count). The minimum absolute atomic E-state index is 0.278. The zero-order chi connectivity index (χ0) is 25.8. The summed E-state index contributed by atoms with van der Waals surface area (Å²) < 4.78 is 12.0. The number of nitrogens with zero attached hydrogens (tertiary/aromatic N) is 2. The van der Waals surface area contributed by atoms with Gasteiger partial charge in [-0.3, -0.25) is 4.90 Å². The van der Waals surface area contributed by atoms with Crippen LogP contribution in [0.5, 0.6) is 5.75 Å². The number of hydrogen-bond donors (Lipinski definition) is 1. The minimum Gasteiger partial charge on any atom is -0.490 e. The first-order valence-corrected chi connectivity index (χ1v) is 14.4. The Bertz CT molecular complexity index is 1020. The van der Waals surface area contributed by atoms with Gasteiger partial charge < -0.3 is 19.7 Å². The number of rotatable bonds is 12. The molecule has 2 heterocycles. The summed E-state index contributed by atoms with van der Waals surface area (Å²) in [6.45, 7) is 10.1. The number of morpholine rings is 1. The van der Waals surface area contributed by atoms with Gasteiger partial charge in [0.1, 0.15) is 11.9 Å². The number of likely N-dealkylation sites (tertiary alicyclic amines) is 1. The lowest BCUT2D eigenvalue weighted by molar-refractivity contribution is 0.0374. The summed E-state index contributed by atoms with van der Waals surface area (Å²) in [4.78, 5) is 5.11. The van der Waals surface area contributed by atoms with Crippen LogP contribution in [0, 0.1) is 0 Å². The topological polar surface area (TPSA) is 37.0 Å². The van der Waals surface area contributed by atoms with Crippen LogP contribution < -0.4 is 10.1 Å². The van der Waals surface area contributed by atoms with Gasteiger partial charge in [0.25, 0.3) is 0 Å². The highest BCUT2D eigenvalue weighted by atomic mass is 16.5. The average molecular weight is 514 g/mol. The van der Waals surface area contributed by atoms with Gasteiger partial charge in [0, 0.05) is 50.7 Å². The summed E-state index contributed by atoms with van der Waals surface area (Å²) in [6, 6.07) is 30.4. The molecule has 0 unspecified atom stereocenters. The number of ether oxygens (including phenoxy) is 2. The highest BCUT2D eigenvalue weighted by molar-refractivity contribution is 5.34. The Morgan fingerprint density at radius 1 is 0.763 bits per heavy atom. The van der Waals surface area contributed by atoms with Crippen LogP contribution in [0.1, 0.15) is 41.9 Å². The highest BCUT2D eigenvalue weighted by Crippen LogP contribution is 2.28. The fraction of sp³-hybridized carbons (Fsp3) is 0.455. The van der Waals surface area contributed by atoms with Gasteiger partial charge in [-0.2, -0.15) is 0 Å². The van der Waals surface area contributed by atoms with Crippen LogP contribution in [-0.4, -0.2) is 74.9 Å². The molecule has 0 saturated carbocycles. The molecule has 5 heteroatoms. The first kappa shape index (κ1) is 26.9. The van der Waals surface area contributed by atoms with E-state index in [1.807, 2.05) is 0 Å². The summed E-state index contributed by atoms with van der Waals surface area (Å²) in [5.74, 6) is 1.43. The monoisotopic (exact) mass is 513 g/mol. The van der Waals surface area contributed by atoms with E-state index in [0.717, 1.165) is 90.6 Å². The van der Waals surface area contributed by atoms with E-state index in [-0.39, 0.29) is 6.10 Å². The van der Waals surface area contributed by atoms with Crippen molar-refractivity contribution in [1.82, 2.24) is 15.1 Å². The van der Waals surface area contributed by atoms with Crippen molar-refractivity contribution in [2.24, 2.45) is 0 Å². The summed E-state index contributed by atoms with van der Waals surface area (Å²) in [6.07, 6.45) is 3.57. The average Bonchev–Trinajstić information content (AvgIpc) is 2.99. The molecule has 2 saturated heterocycles. The SMILES string of the molecule is c1ccc(C(CN2CCC(Oc3ccccc3CNCCCN3CCOCC3)CC2)c2ccccc2)cc1. The van der Waals surface area contributed by atoms with Crippen LogP contribution in [-0.2, 0) is 11.3 Å². The Hall–Kier alpha value is -2.70. The number of nitrogens with one attached hydrogen (secondary N) is 1. The van der Waals surface area contributed by atoms with Gasteiger partial charge in [-0.25, -0.2) is 0 Å². The summed E-state index contributed by atoms with van der Waals surface area (Å²) in [7, 11) is 0. The van der Waals surface area contributed by atoms with E-state index >= 15 is 0 Å². The number of hydrogen-bond acceptors (Lipinski definition) is 5. The highest BCUT2D eigenvalue weighted by Gasteiger charge is 2.25. The number of piperidine rings is 1. The van der Waals surface area contributed by atoms with Gasteiger partial charge in [-0.15, -0.1) is 0 Å². The van der Waals surface area contributed by atoms with Gasteiger partial charge in [0.05, 0.1) is 13.2 Å². The molecule has 5 nitrogen and oxygen atoms in total. The maximum Gasteiger partial charge on any atom is 0.124 e. The molecule has 2 aliphatic heterocycles. The second kappa shape index (κ2) is 14.5. The molecular formula is C33H43N3O2. The zero-order valence-electron chi connectivity index (χ0n) is 22.6. The normalized spacial score (nSPS) is 17.6. The molecule has 0 atom stereocenters. The van der Waals surface area contributed by atoms with Crippen molar-refractivity contribution in [3.63, 3.8) is 0 Å². The van der Waals surface area contributed by atoms with E-state index in [4.69, 9.17) is 9.47 Å². The van der Waals surface area contributed by atoms with Gasteiger partial charge in [-0.05, 0) is 49.5 Å². The molecule has 0 radical (unpaired) electrons. The molecule has 3 aromatic carbocycles. The number of para-hydroxylation sites is 1. The van der Waals surface area contributed by atoms with Crippen LogP contribution in [0.2, 0.25) is 0 Å². The smallest absolute Gasteiger partial charge is 0.124 e. The molecule has 2 fully saturated rings. The third kappa shape index (κ3) is 7.90. The van der Waals surface area contributed by atoms with E-state index in [1.165, 1.54) is 16.7 Å². The van der Waals surface area contributed by atoms with E-state index in [1.54, 1.807) is 0 Å². The zero-order valence-corrected chi connectivity index (χ0v) is 22.6. The van der Waals surface area contributed by atoms with Gasteiger partial charge in [-0.1, -0.05) is 78.9 Å². The molecule has 1 N–H and O–H groups in total. The minimum atomic E-state index is 0.278. The second-order valence-electron chi connectivity index (χ2n) is 10.6. The summed E-state index contributed by atoms with van der Waals surface area (Å²) >= 11 is 0. The van der Waals surface area contributed by atoms with Gasteiger partial charge in [0.2, 0.25) is 0 Å². The van der Waals surface area contributed by atoms with Crippen LogP contribution in [0.25, 0.3) is 0 Å². The van der Waals surface area contributed by atoms with E-state index in [2.05, 4.69) is 100 Å². The molecule has 0 aromatic heterocycles. The Morgan fingerprint density at radius 2 is 1.39 bits per heavy atom. The molecule has 0 spiro atoms. The standard InChI is InChI=1S/C33H43N3O2/c1-3-10-28(11-4-1)32(29-12-5-2-6-13-29)27-36-20-16-31(17-21-36)38-33-15-8-7-14-30(33)26-34-18-9-19-35-22-24-37-25-23-35/h1-8,10-15,31-32,34H,9,16-27H2. The van der Waals surface area contributed by atoms with Crippen molar-refractivity contribution in [2.75, 3.05) is 59.0 Å². The number of benzene rings is 3. The van der Waals surface area contributed by atoms with Crippen molar-refractivity contribution < 1.29 is 9.47 Å². The Labute approximate surface area is 228 Å². The van der Waals surface area contributed by atoms with Crippen LogP contribution in [0.3, 0.4) is 0 Å². The molecular weight excluding hydrogens is 470 g/mol. The predicted octanol–water partition coefficient (Wildman–Crippen LogP) is 5.17. The lowest BCUT2D eigenvalue weighted by Gasteiger charge is -2.35. The molecule has 0 aliphatic carbocycles. The second-order valence-corrected chi connectivity index (χ2v) is 10.6. The maximum absolute atomic E-state index is 6.57. The fourth-order valence-corrected chi connectivity index (χ4v) is 5.66. The largest absolute Gasteiger partial charge is 0.490 e. The van der Waals surface area contributed by atoms with Crippen molar-refractivity contribution >= 4 is 0 Å². The van der Waals surface area contributed by atoms with Crippen molar-refractivity contribution in [2.45, 2.75) is 37.8 Å². The van der Waals surface area contributed by atoms with Crippen LogP contribution in [0.15, 0.2) is 84.9 Å². The summed E-state index contributed by atoms with van der Waals surface area (Å²) in [5.41, 5.74) is 4.04. The van der Waals surface area contributed by atoms with Gasteiger partial charge >= 0.3 is 0 Å².